The van der Waals surface area contributed by atoms with E-state index in [-0.39, 0.29) is 0 Å². The van der Waals surface area contributed by atoms with Crippen molar-refractivity contribution >= 4 is 24.1 Å². The Hall–Kier alpha value is -2.70. The minimum Gasteiger partial charge on any atom is -0.238 e. The molecule has 0 spiro atoms. The van der Waals surface area contributed by atoms with E-state index >= 15 is 0 Å². The van der Waals surface area contributed by atoms with Gasteiger partial charge in [-0.3, -0.25) is 0 Å². The minimum atomic E-state index is -1.97. The van der Waals surface area contributed by atoms with Crippen LogP contribution in [0.15, 0.2) is 48.7 Å². The van der Waals surface area contributed by atoms with E-state index in [9.17, 15) is 0 Å². The molecular weight excluding hydrogens is 332 g/mol. The Labute approximate surface area is 156 Å². The Balaban J connectivity index is 2.11. The fraction of sp³-hybridized carbons (Fsp3) is 0.217. The first-order chi connectivity index (χ1) is 12.4. The fourth-order valence-corrected chi connectivity index (χ4v) is 8.32. The van der Waals surface area contributed by atoms with Crippen LogP contribution in [0.5, 0.6) is 0 Å². The van der Waals surface area contributed by atoms with E-state index in [1.165, 1.54) is 43.9 Å². The maximum atomic E-state index is 7.66. The van der Waals surface area contributed by atoms with Crippen LogP contribution in [0.4, 0.5) is 5.69 Å². The highest BCUT2D eigenvalue weighted by Crippen LogP contribution is 2.36. The predicted octanol–water partition coefficient (Wildman–Crippen LogP) is 4.15. The highest BCUT2D eigenvalue weighted by molar-refractivity contribution is 7.05. The van der Waals surface area contributed by atoms with Gasteiger partial charge in [0, 0.05) is 17.2 Å². The lowest BCUT2D eigenvalue weighted by molar-refractivity contribution is -0.660. The SMILES string of the molecule is [C-]#[N+]c1cccc2c1[Si](C)(C)c1c-2ccc(C)c1-c1ccc(C)c[n+]1C. The lowest BCUT2D eigenvalue weighted by Gasteiger charge is -2.23. The van der Waals surface area contributed by atoms with E-state index in [2.05, 4.69) is 79.9 Å². The summed E-state index contributed by atoms with van der Waals surface area (Å²) in [4.78, 5) is 3.85. The van der Waals surface area contributed by atoms with Gasteiger partial charge in [0.05, 0.1) is 6.57 Å². The maximum absolute atomic E-state index is 7.66. The highest BCUT2D eigenvalue weighted by Gasteiger charge is 2.42. The molecule has 0 radical (unpaired) electrons. The number of hydrogen-bond acceptors (Lipinski definition) is 0. The third-order valence-corrected chi connectivity index (χ3v) is 9.20. The second kappa shape index (κ2) is 5.65. The second-order valence-electron chi connectivity index (χ2n) is 7.82. The Morgan fingerprint density at radius 3 is 2.35 bits per heavy atom. The third kappa shape index (κ3) is 2.19. The zero-order chi connectivity index (χ0) is 18.6. The van der Waals surface area contributed by atoms with Crippen molar-refractivity contribution in [2.45, 2.75) is 26.9 Å². The summed E-state index contributed by atoms with van der Waals surface area (Å²) in [5.41, 5.74) is 8.59. The molecule has 2 nitrogen and oxygen atoms in total. The van der Waals surface area contributed by atoms with E-state index < -0.39 is 8.07 Å². The smallest absolute Gasteiger partial charge is 0.212 e. The molecule has 0 N–H and O–H groups in total. The van der Waals surface area contributed by atoms with Crippen LogP contribution in [0.2, 0.25) is 13.1 Å². The lowest BCUT2D eigenvalue weighted by Crippen LogP contribution is -2.51. The molecule has 0 fully saturated rings. The summed E-state index contributed by atoms with van der Waals surface area (Å²) in [6.45, 7) is 16.8. The molecule has 0 aliphatic carbocycles. The first-order valence-corrected chi connectivity index (χ1v) is 12.0. The van der Waals surface area contributed by atoms with Gasteiger partial charge in [0.15, 0.2) is 11.9 Å². The van der Waals surface area contributed by atoms with E-state index in [0.29, 0.717) is 0 Å². The Kier molecular flexibility index (Phi) is 3.64. The molecule has 0 atom stereocenters. The molecule has 2 heterocycles. The molecule has 3 aromatic rings. The van der Waals surface area contributed by atoms with Crippen LogP contribution in [0, 0.1) is 20.4 Å². The Morgan fingerprint density at radius 1 is 0.923 bits per heavy atom. The largest absolute Gasteiger partial charge is 0.238 e. The molecule has 2 aromatic carbocycles. The maximum Gasteiger partial charge on any atom is 0.212 e. The van der Waals surface area contributed by atoms with Crippen LogP contribution >= 0.6 is 0 Å². The average molecular weight is 356 g/mol. The zero-order valence-corrected chi connectivity index (χ0v) is 17.0. The number of hydrogen-bond donors (Lipinski definition) is 0. The monoisotopic (exact) mass is 355 g/mol. The van der Waals surface area contributed by atoms with Gasteiger partial charge in [-0.2, -0.15) is 0 Å². The third-order valence-electron chi connectivity index (χ3n) is 5.65. The van der Waals surface area contributed by atoms with Crippen molar-refractivity contribution in [3.05, 3.63) is 71.2 Å². The van der Waals surface area contributed by atoms with Crippen molar-refractivity contribution < 1.29 is 4.57 Å². The van der Waals surface area contributed by atoms with Gasteiger partial charge in [-0.15, -0.1) is 0 Å². The zero-order valence-electron chi connectivity index (χ0n) is 16.0. The van der Waals surface area contributed by atoms with Crippen molar-refractivity contribution in [2.24, 2.45) is 7.05 Å². The summed E-state index contributed by atoms with van der Waals surface area (Å²) >= 11 is 0. The highest BCUT2D eigenvalue weighted by atomic mass is 28.3. The van der Waals surface area contributed by atoms with Crippen LogP contribution in [-0.4, -0.2) is 8.07 Å². The summed E-state index contributed by atoms with van der Waals surface area (Å²) in [7, 11) is 0.158. The first kappa shape index (κ1) is 16.7. The van der Waals surface area contributed by atoms with Gasteiger partial charge in [-0.05, 0) is 47.0 Å². The van der Waals surface area contributed by atoms with Crippen molar-refractivity contribution in [1.82, 2.24) is 0 Å². The molecule has 128 valence electrons. The number of aromatic nitrogens is 1. The van der Waals surface area contributed by atoms with Crippen LogP contribution < -0.4 is 14.9 Å². The number of nitrogens with zero attached hydrogens (tertiary/aromatic N) is 2. The molecule has 0 saturated carbocycles. The molecule has 3 heteroatoms. The molecular formula is C23H23N2Si+. The van der Waals surface area contributed by atoms with Crippen LogP contribution in [0.1, 0.15) is 11.1 Å². The molecule has 1 aromatic heterocycles. The predicted molar refractivity (Wildman–Crippen MR) is 111 cm³/mol. The molecule has 26 heavy (non-hydrogen) atoms. The normalized spacial score (nSPS) is 13.8. The van der Waals surface area contributed by atoms with Crippen LogP contribution in [0.25, 0.3) is 27.2 Å². The van der Waals surface area contributed by atoms with Gasteiger partial charge in [-0.25, -0.2) is 9.41 Å². The van der Waals surface area contributed by atoms with E-state index in [0.717, 1.165) is 5.69 Å². The number of benzene rings is 2. The van der Waals surface area contributed by atoms with E-state index in [4.69, 9.17) is 6.57 Å². The summed E-state index contributed by atoms with van der Waals surface area (Å²) in [6, 6.07) is 15.1. The Bertz CT molecular complexity index is 1100. The van der Waals surface area contributed by atoms with Gasteiger partial charge in [-0.1, -0.05) is 43.4 Å². The molecule has 4 rings (SSSR count). The molecule has 1 aliphatic heterocycles. The van der Waals surface area contributed by atoms with Gasteiger partial charge < -0.3 is 0 Å². The number of fused-ring (bicyclic) bond motifs is 3. The molecule has 0 unspecified atom stereocenters. The van der Waals surface area contributed by atoms with Crippen molar-refractivity contribution in [2.75, 3.05) is 0 Å². The lowest BCUT2D eigenvalue weighted by atomic mass is 9.97. The van der Waals surface area contributed by atoms with Crippen molar-refractivity contribution in [3.8, 4) is 22.4 Å². The quantitative estimate of drug-likeness (QED) is 0.352. The summed E-state index contributed by atoms with van der Waals surface area (Å²) in [5.74, 6) is 0. The topological polar surface area (TPSA) is 8.24 Å². The number of aryl methyl sites for hydroxylation is 3. The van der Waals surface area contributed by atoms with Gasteiger partial charge >= 0.3 is 0 Å². The van der Waals surface area contributed by atoms with Crippen molar-refractivity contribution in [3.63, 3.8) is 0 Å². The van der Waals surface area contributed by atoms with Crippen LogP contribution in [-0.2, 0) is 7.05 Å². The van der Waals surface area contributed by atoms with E-state index in [1.807, 2.05) is 12.1 Å². The van der Waals surface area contributed by atoms with Crippen LogP contribution in [0.3, 0.4) is 0 Å². The summed E-state index contributed by atoms with van der Waals surface area (Å²) in [6.07, 6.45) is 2.19. The van der Waals surface area contributed by atoms with Crippen molar-refractivity contribution in [1.29, 1.82) is 0 Å². The number of rotatable bonds is 1. The minimum absolute atomic E-state index is 0.826. The molecule has 0 bridgehead atoms. The standard InChI is InChI=1S/C23H23N2Si/c1-15-10-13-20(25(4)14-15)21-16(2)11-12-18-17-8-7-9-19(24-3)22(17)26(5,6)23(18)21/h7-14H,1-2,4-6H3/q+1. The summed E-state index contributed by atoms with van der Waals surface area (Å²) in [5, 5.41) is 2.77. The van der Waals surface area contributed by atoms with Gasteiger partial charge in [0.2, 0.25) is 5.69 Å². The number of pyridine rings is 1. The molecule has 1 aliphatic rings. The molecule has 0 amide bonds. The van der Waals surface area contributed by atoms with Gasteiger partial charge in [0.1, 0.15) is 15.1 Å². The average Bonchev–Trinajstić information content (AvgIpc) is 2.84. The molecule has 0 saturated heterocycles. The van der Waals surface area contributed by atoms with E-state index in [1.54, 1.807) is 0 Å². The van der Waals surface area contributed by atoms with Gasteiger partial charge in [0.25, 0.3) is 0 Å². The summed E-state index contributed by atoms with van der Waals surface area (Å²) < 4.78 is 2.24. The Morgan fingerprint density at radius 2 is 1.65 bits per heavy atom. The first-order valence-electron chi connectivity index (χ1n) is 8.98. The second-order valence-corrected chi connectivity index (χ2v) is 12.1. The fourth-order valence-electron chi connectivity index (χ4n) is 4.56.